The zero-order valence-electron chi connectivity index (χ0n) is 6.71. The lowest BCUT2D eigenvalue weighted by Gasteiger charge is -1.97. The van der Waals surface area contributed by atoms with Crippen molar-refractivity contribution in [2.24, 2.45) is 0 Å². The summed E-state index contributed by atoms with van der Waals surface area (Å²) in [6.07, 6.45) is 1.64. The third kappa shape index (κ3) is 1.31. The Labute approximate surface area is 83.5 Å². The highest BCUT2D eigenvalue weighted by molar-refractivity contribution is 9.08. The highest BCUT2D eigenvalue weighted by atomic mass is 79.9. The summed E-state index contributed by atoms with van der Waals surface area (Å²) in [5, 5.41) is 9.47. The molecule has 64 valence electrons. The highest BCUT2D eigenvalue weighted by Crippen LogP contribution is 2.19. The molecule has 2 aromatic rings. The first kappa shape index (κ1) is 8.27. The lowest BCUT2D eigenvalue weighted by atomic mass is 10.1. The lowest BCUT2D eigenvalue weighted by Crippen LogP contribution is -1.84. The number of benzene rings is 1. The minimum Gasteiger partial charge on any atom is -0.345 e. The predicted molar refractivity (Wildman–Crippen MR) is 53.4 cm³/mol. The number of fused-ring (bicyclic) bond motifs is 1. The van der Waals surface area contributed by atoms with Gasteiger partial charge < -0.3 is 4.98 Å². The largest absolute Gasteiger partial charge is 0.345 e. The van der Waals surface area contributed by atoms with Crippen molar-refractivity contribution in [2.75, 3.05) is 0 Å². The molecule has 4 heteroatoms. The number of nitrogens with one attached hydrogen (secondary N) is 1. The monoisotopic (exact) mass is 235 g/mol. The summed E-state index contributed by atoms with van der Waals surface area (Å²) in [6, 6.07) is 5.76. The molecule has 0 saturated heterocycles. The fraction of sp³-hybridized carbons (Fsp3) is 0.111. The first-order chi connectivity index (χ1) is 6.35. The third-order valence-electron chi connectivity index (χ3n) is 1.88. The number of H-pyrrole nitrogens is 1. The SMILES string of the molecule is N#Cc1cc(CBr)c2nc[nH]c2c1. The number of hydrogen-bond acceptors (Lipinski definition) is 2. The average Bonchev–Trinajstić information content (AvgIpc) is 2.63. The van der Waals surface area contributed by atoms with E-state index in [0.29, 0.717) is 10.9 Å². The molecule has 0 fully saturated rings. The van der Waals surface area contributed by atoms with Crippen LogP contribution in [0, 0.1) is 11.3 Å². The summed E-state index contributed by atoms with van der Waals surface area (Å²) in [7, 11) is 0. The molecule has 2 rings (SSSR count). The molecule has 1 aromatic carbocycles. The van der Waals surface area contributed by atoms with Crippen LogP contribution in [0.25, 0.3) is 11.0 Å². The fourth-order valence-electron chi connectivity index (χ4n) is 1.29. The molecule has 3 nitrogen and oxygen atoms in total. The second-order valence-corrected chi connectivity index (χ2v) is 3.24. The summed E-state index contributed by atoms with van der Waals surface area (Å²) >= 11 is 3.36. The summed E-state index contributed by atoms with van der Waals surface area (Å²) in [5.41, 5.74) is 3.53. The Bertz CT molecular complexity index is 481. The van der Waals surface area contributed by atoms with Crippen LogP contribution >= 0.6 is 15.9 Å². The molecule has 0 unspecified atom stereocenters. The van der Waals surface area contributed by atoms with E-state index in [1.54, 1.807) is 12.4 Å². The quantitative estimate of drug-likeness (QED) is 0.772. The van der Waals surface area contributed by atoms with Gasteiger partial charge in [0.05, 0.1) is 29.0 Å². The molecular formula is C9H6BrN3. The van der Waals surface area contributed by atoms with Crippen molar-refractivity contribution in [3.05, 3.63) is 29.6 Å². The zero-order valence-corrected chi connectivity index (χ0v) is 8.30. The van der Waals surface area contributed by atoms with Crippen LogP contribution in [0.15, 0.2) is 18.5 Å². The molecular weight excluding hydrogens is 230 g/mol. The Kier molecular flexibility index (Phi) is 2.03. The van der Waals surface area contributed by atoms with Gasteiger partial charge in [0.15, 0.2) is 0 Å². The first-order valence-corrected chi connectivity index (χ1v) is 4.89. The van der Waals surface area contributed by atoms with Gasteiger partial charge >= 0.3 is 0 Å². The maximum Gasteiger partial charge on any atom is 0.0992 e. The molecule has 0 atom stereocenters. The van der Waals surface area contributed by atoms with E-state index in [1.165, 1.54) is 0 Å². The number of nitriles is 1. The molecule has 0 saturated carbocycles. The van der Waals surface area contributed by atoms with Crippen molar-refractivity contribution < 1.29 is 0 Å². The summed E-state index contributed by atoms with van der Waals surface area (Å²) < 4.78 is 0. The van der Waals surface area contributed by atoms with Crippen molar-refractivity contribution in [1.82, 2.24) is 9.97 Å². The molecule has 1 heterocycles. The van der Waals surface area contributed by atoms with Crippen LogP contribution < -0.4 is 0 Å². The van der Waals surface area contributed by atoms with Crippen LogP contribution in [-0.4, -0.2) is 9.97 Å². The molecule has 0 aliphatic rings. The van der Waals surface area contributed by atoms with Crippen molar-refractivity contribution in [3.8, 4) is 6.07 Å². The van der Waals surface area contributed by atoms with E-state index in [4.69, 9.17) is 5.26 Å². The Morgan fingerprint density at radius 1 is 1.54 bits per heavy atom. The third-order valence-corrected chi connectivity index (χ3v) is 2.48. The molecule has 0 bridgehead atoms. The van der Waals surface area contributed by atoms with Crippen LogP contribution in [0.2, 0.25) is 0 Å². The van der Waals surface area contributed by atoms with Crippen LogP contribution in [0.1, 0.15) is 11.1 Å². The second-order valence-electron chi connectivity index (χ2n) is 2.68. The van der Waals surface area contributed by atoms with E-state index in [2.05, 4.69) is 32.0 Å². The molecule has 0 amide bonds. The highest BCUT2D eigenvalue weighted by Gasteiger charge is 2.04. The molecule has 1 aromatic heterocycles. The predicted octanol–water partition coefficient (Wildman–Crippen LogP) is 2.33. The smallest absolute Gasteiger partial charge is 0.0992 e. The fourth-order valence-corrected chi connectivity index (χ4v) is 1.72. The van der Waals surface area contributed by atoms with Gasteiger partial charge in [-0.25, -0.2) is 4.98 Å². The van der Waals surface area contributed by atoms with E-state index in [1.807, 2.05) is 6.07 Å². The van der Waals surface area contributed by atoms with Gasteiger partial charge in [0.25, 0.3) is 0 Å². The lowest BCUT2D eigenvalue weighted by molar-refractivity contribution is 1.33. The van der Waals surface area contributed by atoms with Crippen molar-refractivity contribution in [3.63, 3.8) is 0 Å². The van der Waals surface area contributed by atoms with Gasteiger partial charge in [0, 0.05) is 5.33 Å². The number of imidazole rings is 1. The normalized spacial score (nSPS) is 10.2. The number of aromatic amines is 1. The molecule has 0 radical (unpaired) electrons. The minimum absolute atomic E-state index is 0.659. The van der Waals surface area contributed by atoms with E-state index in [-0.39, 0.29) is 0 Å². The number of aromatic nitrogens is 2. The van der Waals surface area contributed by atoms with Crippen LogP contribution in [-0.2, 0) is 5.33 Å². The summed E-state index contributed by atoms with van der Waals surface area (Å²) in [5.74, 6) is 0. The molecule has 1 N–H and O–H groups in total. The van der Waals surface area contributed by atoms with Gasteiger partial charge in [0.1, 0.15) is 0 Å². The van der Waals surface area contributed by atoms with Crippen molar-refractivity contribution in [1.29, 1.82) is 5.26 Å². The zero-order chi connectivity index (χ0) is 9.26. The van der Waals surface area contributed by atoms with E-state index < -0.39 is 0 Å². The van der Waals surface area contributed by atoms with Crippen molar-refractivity contribution in [2.45, 2.75) is 5.33 Å². The average molecular weight is 236 g/mol. The number of alkyl halides is 1. The Balaban J connectivity index is 2.79. The maximum absolute atomic E-state index is 8.75. The second kappa shape index (κ2) is 3.19. The first-order valence-electron chi connectivity index (χ1n) is 3.77. The molecule has 13 heavy (non-hydrogen) atoms. The van der Waals surface area contributed by atoms with Gasteiger partial charge in [-0.3, -0.25) is 0 Å². The van der Waals surface area contributed by atoms with Gasteiger partial charge in [-0.2, -0.15) is 5.26 Å². The Morgan fingerprint density at radius 3 is 3.08 bits per heavy atom. The Hall–Kier alpha value is -1.34. The Morgan fingerprint density at radius 2 is 2.38 bits per heavy atom. The van der Waals surface area contributed by atoms with E-state index in [0.717, 1.165) is 16.6 Å². The summed E-state index contributed by atoms with van der Waals surface area (Å²) in [6.45, 7) is 0. The number of rotatable bonds is 1. The van der Waals surface area contributed by atoms with Gasteiger partial charge in [-0.05, 0) is 17.7 Å². The number of hydrogen-bond donors (Lipinski definition) is 1. The van der Waals surface area contributed by atoms with Gasteiger partial charge in [-0.15, -0.1) is 0 Å². The summed E-state index contributed by atoms with van der Waals surface area (Å²) in [4.78, 5) is 7.16. The standard InChI is InChI=1S/C9H6BrN3/c10-3-7-1-6(4-11)2-8-9(7)13-5-12-8/h1-2,5H,3H2,(H,12,13). The van der Waals surface area contributed by atoms with Crippen LogP contribution in [0.4, 0.5) is 0 Å². The van der Waals surface area contributed by atoms with E-state index >= 15 is 0 Å². The maximum atomic E-state index is 8.75. The molecule has 0 aliphatic heterocycles. The number of halogens is 1. The van der Waals surface area contributed by atoms with Gasteiger partial charge in [-0.1, -0.05) is 15.9 Å². The van der Waals surface area contributed by atoms with Crippen LogP contribution in [0.5, 0.6) is 0 Å². The van der Waals surface area contributed by atoms with E-state index in [9.17, 15) is 0 Å². The molecule has 0 aliphatic carbocycles. The van der Waals surface area contributed by atoms with Gasteiger partial charge in [0.2, 0.25) is 0 Å². The van der Waals surface area contributed by atoms with Crippen LogP contribution in [0.3, 0.4) is 0 Å². The topological polar surface area (TPSA) is 52.5 Å². The molecule has 0 spiro atoms. The number of nitrogens with zero attached hydrogens (tertiary/aromatic N) is 2. The van der Waals surface area contributed by atoms with Crippen molar-refractivity contribution >= 4 is 27.0 Å². The minimum atomic E-state index is 0.659.